The molecule has 2 N–H and O–H groups in total. The summed E-state index contributed by atoms with van der Waals surface area (Å²) in [6, 6.07) is 21.9. The first-order valence-electron chi connectivity index (χ1n) is 11.0. The quantitative estimate of drug-likeness (QED) is 0.235. The van der Waals surface area contributed by atoms with Gasteiger partial charge in [-0.05, 0) is 68.4 Å². The maximum absolute atomic E-state index is 12.5. The number of ether oxygens (including phenoxy) is 1. The zero-order valence-electron chi connectivity index (χ0n) is 19.3. The first-order valence-corrected chi connectivity index (χ1v) is 12.2. The number of benzene rings is 2. The molecule has 2 heterocycles. The standard InChI is InChI=1S/C26H26N4O2S2/c1-4-32-25(31)22-15-23(20-8-6-5-7-9-20)34-24(22)28-26(33)27-21-12-10-19(11-13-21)16-30-18(3)14-17(2)29-30/h5-15H,4,16H2,1-3H3,(H2,27,28,33). The van der Waals surface area contributed by atoms with Gasteiger partial charge in [0.05, 0.1) is 24.4 Å². The topological polar surface area (TPSA) is 68.2 Å². The van der Waals surface area contributed by atoms with Crippen molar-refractivity contribution >= 4 is 45.3 Å². The smallest absolute Gasteiger partial charge is 0.341 e. The third-order valence-electron chi connectivity index (χ3n) is 5.16. The first-order chi connectivity index (χ1) is 16.4. The fourth-order valence-corrected chi connectivity index (χ4v) is 4.90. The van der Waals surface area contributed by atoms with Crippen LogP contribution in [0, 0.1) is 13.8 Å². The fraction of sp³-hybridized carbons (Fsp3) is 0.192. The summed E-state index contributed by atoms with van der Waals surface area (Å²) in [5.41, 5.74) is 5.64. The summed E-state index contributed by atoms with van der Waals surface area (Å²) in [4.78, 5) is 13.5. The molecule has 2 aromatic carbocycles. The number of hydrogen-bond donors (Lipinski definition) is 2. The molecule has 4 rings (SSSR count). The van der Waals surface area contributed by atoms with Gasteiger partial charge >= 0.3 is 5.97 Å². The Labute approximate surface area is 208 Å². The number of thiophene rings is 1. The molecule has 0 aliphatic heterocycles. The number of esters is 1. The Balaban J connectivity index is 1.46. The molecule has 34 heavy (non-hydrogen) atoms. The molecule has 6 nitrogen and oxygen atoms in total. The molecule has 2 aromatic heterocycles. The number of anilines is 2. The first kappa shape index (κ1) is 23.7. The number of thiocarbonyl (C=S) groups is 1. The van der Waals surface area contributed by atoms with Crippen LogP contribution < -0.4 is 10.6 Å². The Kier molecular flexibility index (Phi) is 7.40. The molecule has 0 atom stereocenters. The Hall–Kier alpha value is -3.49. The van der Waals surface area contributed by atoms with E-state index >= 15 is 0 Å². The summed E-state index contributed by atoms with van der Waals surface area (Å²) < 4.78 is 7.23. The lowest BCUT2D eigenvalue weighted by Gasteiger charge is -2.11. The van der Waals surface area contributed by atoms with Crippen LogP contribution >= 0.6 is 23.6 Å². The second kappa shape index (κ2) is 10.6. The van der Waals surface area contributed by atoms with Gasteiger partial charge in [0, 0.05) is 16.3 Å². The van der Waals surface area contributed by atoms with Gasteiger partial charge in [-0.2, -0.15) is 5.10 Å². The molecule has 0 saturated carbocycles. The van der Waals surface area contributed by atoms with Crippen molar-refractivity contribution in [2.24, 2.45) is 0 Å². The van der Waals surface area contributed by atoms with E-state index in [1.165, 1.54) is 11.3 Å². The van der Waals surface area contributed by atoms with Crippen molar-refractivity contribution in [1.82, 2.24) is 9.78 Å². The van der Waals surface area contributed by atoms with E-state index in [-0.39, 0.29) is 5.97 Å². The zero-order chi connectivity index (χ0) is 24.1. The Morgan fingerprint density at radius 3 is 2.44 bits per heavy atom. The Morgan fingerprint density at radius 1 is 1.06 bits per heavy atom. The molecule has 0 aliphatic rings. The number of nitrogens with one attached hydrogen (secondary N) is 2. The van der Waals surface area contributed by atoms with Crippen molar-refractivity contribution in [3.05, 3.63) is 89.2 Å². The molecular weight excluding hydrogens is 464 g/mol. The molecule has 8 heteroatoms. The van der Waals surface area contributed by atoms with Crippen molar-refractivity contribution in [3.8, 4) is 10.4 Å². The number of aryl methyl sites for hydroxylation is 2. The van der Waals surface area contributed by atoms with Gasteiger partial charge in [0.15, 0.2) is 5.11 Å². The lowest BCUT2D eigenvalue weighted by molar-refractivity contribution is 0.0528. The van der Waals surface area contributed by atoms with E-state index < -0.39 is 0 Å². The summed E-state index contributed by atoms with van der Waals surface area (Å²) in [5.74, 6) is -0.375. The summed E-state index contributed by atoms with van der Waals surface area (Å²) in [5, 5.41) is 11.9. The Morgan fingerprint density at radius 2 is 1.79 bits per heavy atom. The molecule has 4 aromatic rings. The molecule has 0 unspecified atom stereocenters. The summed E-state index contributed by atoms with van der Waals surface area (Å²) in [7, 11) is 0. The zero-order valence-corrected chi connectivity index (χ0v) is 20.9. The molecule has 174 valence electrons. The molecule has 0 amide bonds. The summed E-state index contributed by atoms with van der Waals surface area (Å²) in [6.45, 7) is 6.86. The van der Waals surface area contributed by atoms with Crippen molar-refractivity contribution in [2.45, 2.75) is 27.3 Å². The number of hydrogen-bond acceptors (Lipinski definition) is 5. The van der Waals surface area contributed by atoms with Crippen LogP contribution in [0.3, 0.4) is 0 Å². The lowest BCUT2D eigenvalue weighted by Crippen LogP contribution is -2.20. The highest BCUT2D eigenvalue weighted by Gasteiger charge is 2.19. The minimum atomic E-state index is -0.375. The molecule has 0 fully saturated rings. The van der Waals surface area contributed by atoms with Gasteiger partial charge in [-0.1, -0.05) is 42.5 Å². The Bertz CT molecular complexity index is 1290. The van der Waals surface area contributed by atoms with Crippen molar-refractivity contribution in [2.75, 3.05) is 17.2 Å². The predicted molar refractivity (Wildman–Crippen MR) is 143 cm³/mol. The summed E-state index contributed by atoms with van der Waals surface area (Å²) >= 11 is 6.99. The molecular formula is C26H26N4O2S2. The van der Waals surface area contributed by atoms with Crippen LogP contribution in [-0.4, -0.2) is 27.5 Å². The fourth-order valence-electron chi connectivity index (χ4n) is 3.56. The monoisotopic (exact) mass is 490 g/mol. The van der Waals surface area contributed by atoms with Gasteiger partial charge in [0.1, 0.15) is 5.00 Å². The third-order valence-corrected chi connectivity index (χ3v) is 6.46. The molecule has 0 radical (unpaired) electrons. The average molecular weight is 491 g/mol. The van der Waals surface area contributed by atoms with Crippen LogP contribution in [0.2, 0.25) is 0 Å². The van der Waals surface area contributed by atoms with Crippen molar-refractivity contribution < 1.29 is 9.53 Å². The van der Waals surface area contributed by atoms with Crippen LogP contribution in [-0.2, 0) is 11.3 Å². The van der Waals surface area contributed by atoms with Crippen molar-refractivity contribution in [3.63, 3.8) is 0 Å². The van der Waals surface area contributed by atoms with E-state index in [1.54, 1.807) is 6.92 Å². The van der Waals surface area contributed by atoms with Crippen LogP contribution in [0.4, 0.5) is 10.7 Å². The lowest BCUT2D eigenvalue weighted by atomic mass is 10.1. The minimum Gasteiger partial charge on any atom is -0.462 e. The van der Waals surface area contributed by atoms with Crippen LogP contribution in [0.5, 0.6) is 0 Å². The van der Waals surface area contributed by atoms with Crippen LogP contribution in [0.25, 0.3) is 10.4 Å². The number of carbonyl (C=O) groups is 1. The SMILES string of the molecule is CCOC(=O)c1cc(-c2ccccc2)sc1NC(=S)Nc1ccc(Cn2nc(C)cc2C)cc1. The maximum Gasteiger partial charge on any atom is 0.341 e. The normalized spacial score (nSPS) is 10.7. The molecule has 0 bridgehead atoms. The van der Waals surface area contributed by atoms with E-state index in [9.17, 15) is 4.79 Å². The van der Waals surface area contributed by atoms with E-state index in [0.717, 1.165) is 33.1 Å². The maximum atomic E-state index is 12.5. The van der Waals surface area contributed by atoms with Gasteiger partial charge in [-0.3, -0.25) is 4.68 Å². The van der Waals surface area contributed by atoms with E-state index in [2.05, 4.69) is 28.7 Å². The van der Waals surface area contributed by atoms with Gasteiger partial charge in [-0.15, -0.1) is 11.3 Å². The second-order valence-corrected chi connectivity index (χ2v) is 9.26. The molecule has 0 spiro atoms. The summed E-state index contributed by atoms with van der Waals surface area (Å²) in [6.07, 6.45) is 0. The predicted octanol–water partition coefficient (Wildman–Crippen LogP) is 6.26. The van der Waals surface area contributed by atoms with Gasteiger partial charge in [0.2, 0.25) is 0 Å². The van der Waals surface area contributed by atoms with E-state index in [0.29, 0.717) is 28.8 Å². The van der Waals surface area contributed by atoms with Crippen LogP contribution in [0.15, 0.2) is 66.7 Å². The largest absolute Gasteiger partial charge is 0.462 e. The number of nitrogens with zero attached hydrogens (tertiary/aromatic N) is 2. The highest BCUT2D eigenvalue weighted by molar-refractivity contribution is 7.80. The number of aromatic nitrogens is 2. The number of rotatable bonds is 7. The van der Waals surface area contributed by atoms with E-state index in [1.807, 2.05) is 72.3 Å². The minimum absolute atomic E-state index is 0.307. The van der Waals surface area contributed by atoms with Gasteiger partial charge in [-0.25, -0.2) is 4.79 Å². The van der Waals surface area contributed by atoms with Gasteiger partial charge in [0.25, 0.3) is 0 Å². The van der Waals surface area contributed by atoms with Crippen molar-refractivity contribution in [1.29, 1.82) is 0 Å². The average Bonchev–Trinajstić information content (AvgIpc) is 3.38. The van der Waals surface area contributed by atoms with E-state index in [4.69, 9.17) is 17.0 Å². The highest BCUT2D eigenvalue weighted by Crippen LogP contribution is 2.36. The third kappa shape index (κ3) is 5.70. The molecule has 0 saturated heterocycles. The second-order valence-electron chi connectivity index (χ2n) is 7.80. The number of carbonyl (C=O) groups excluding carboxylic acids is 1. The van der Waals surface area contributed by atoms with Gasteiger partial charge < -0.3 is 15.4 Å². The molecule has 0 aliphatic carbocycles. The van der Waals surface area contributed by atoms with Crippen LogP contribution in [0.1, 0.15) is 34.2 Å². The highest BCUT2D eigenvalue weighted by atomic mass is 32.1.